The number of nitrogens with one attached hydrogen (secondary N) is 1. The van der Waals surface area contributed by atoms with Gasteiger partial charge < -0.3 is 10.4 Å². The van der Waals surface area contributed by atoms with Crippen LogP contribution in [0.25, 0.3) is 0 Å². The molecule has 0 aliphatic carbocycles. The summed E-state index contributed by atoms with van der Waals surface area (Å²) in [5.74, 6) is -1.000. The van der Waals surface area contributed by atoms with Crippen LogP contribution in [0.1, 0.15) is 38.8 Å². The molecule has 0 aliphatic heterocycles. The molecule has 5 heteroatoms. The molecule has 20 heavy (non-hydrogen) atoms. The fourth-order valence-corrected chi connectivity index (χ4v) is 2.17. The van der Waals surface area contributed by atoms with Crippen molar-refractivity contribution in [2.24, 2.45) is 11.8 Å². The van der Waals surface area contributed by atoms with Gasteiger partial charge in [0.15, 0.2) is 0 Å². The molecule has 2 unspecified atom stereocenters. The second-order valence-electron chi connectivity index (χ2n) is 5.25. The summed E-state index contributed by atoms with van der Waals surface area (Å²) in [6, 6.07) is 6.82. The fraction of sp³-hybridized carbons (Fsp3) is 0.467. The van der Waals surface area contributed by atoms with Crippen LogP contribution in [-0.2, 0) is 9.59 Å². The van der Waals surface area contributed by atoms with Gasteiger partial charge in [0.1, 0.15) is 0 Å². The Morgan fingerprint density at radius 3 is 2.45 bits per heavy atom. The number of hydrogen-bond donors (Lipinski definition) is 2. The molecule has 0 radical (unpaired) electrons. The Morgan fingerprint density at radius 1 is 1.30 bits per heavy atom. The van der Waals surface area contributed by atoms with Crippen LogP contribution in [0.4, 0.5) is 0 Å². The van der Waals surface area contributed by atoms with E-state index in [-0.39, 0.29) is 24.2 Å². The second-order valence-corrected chi connectivity index (χ2v) is 6.16. The van der Waals surface area contributed by atoms with Gasteiger partial charge in [-0.15, -0.1) is 0 Å². The monoisotopic (exact) mass is 341 g/mol. The summed E-state index contributed by atoms with van der Waals surface area (Å²) in [7, 11) is 0. The van der Waals surface area contributed by atoms with Gasteiger partial charge in [0.05, 0.1) is 12.5 Å². The number of halogens is 1. The highest BCUT2D eigenvalue weighted by molar-refractivity contribution is 9.10. The fourth-order valence-electron chi connectivity index (χ4n) is 1.76. The minimum atomic E-state index is -0.938. The molecule has 0 fully saturated rings. The summed E-state index contributed by atoms with van der Waals surface area (Å²) in [6.07, 6.45) is -0.132. The number of carboxylic acid groups (broad SMARTS) is 1. The van der Waals surface area contributed by atoms with Gasteiger partial charge in [0.2, 0.25) is 5.91 Å². The number of carbonyl (C=O) groups excluding carboxylic acids is 1. The quantitative estimate of drug-likeness (QED) is 0.833. The minimum absolute atomic E-state index is 0.119. The smallest absolute Gasteiger partial charge is 0.305 e. The van der Waals surface area contributed by atoms with Crippen molar-refractivity contribution in [1.29, 1.82) is 0 Å². The lowest BCUT2D eigenvalue weighted by Gasteiger charge is -2.22. The Kier molecular flexibility index (Phi) is 6.20. The van der Waals surface area contributed by atoms with Crippen molar-refractivity contribution in [2.75, 3.05) is 0 Å². The zero-order chi connectivity index (χ0) is 15.3. The van der Waals surface area contributed by atoms with Crippen LogP contribution in [0.15, 0.2) is 28.7 Å². The summed E-state index contributed by atoms with van der Waals surface area (Å²) >= 11 is 3.35. The summed E-state index contributed by atoms with van der Waals surface area (Å²) in [5.41, 5.74) is 0.783. The van der Waals surface area contributed by atoms with Gasteiger partial charge in [0, 0.05) is 10.4 Å². The third kappa shape index (κ3) is 4.96. The molecule has 0 saturated carbocycles. The van der Waals surface area contributed by atoms with Crippen molar-refractivity contribution in [2.45, 2.75) is 33.2 Å². The molecule has 2 atom stereocenters. The van der Waals surface area contributed by atoms with Crippen LogP contribution in [0.2, 0.25) is 0 Å². The van der Waals surface area contributed by atoms with Crippen LogP contribution < -0.4 is 5.32 Å². The molecule has 0 aromatic heterocycles. The van der Waals surface area contributed by atoms with E-state index in [2.05, 4.69) is 21.2 Å². The van der Waals surface area contributed by atoms with E-state index in [0.717, 1.165) is 10.0 Å². The van der Waals surface area contributed by atoms with Gasteiger partial charge in [-0.25, -0.2) is 0 Å². The Morgan fingerprint density at radius 2 is 1.95 bits per heavy atom. The number of rotatable bonds is 6. The van der Waals surface area contributed by atoms with Crippen molar-refractivity contribution >= 4 is 27.8 Å². The first-order valence-corrected chi connectivity index (χ1v) is 7.38. The predicted octanol–water partition coefficient (Wildman–Crippen LogP) is 3.37. The van der Waals surface area contributed by atoms with E-state index in [1.54, 1.807) is 0 Å². The van der Waals surface area contributed by atoms with Gasteiger partial charge in [-0.3, -0.25) is 9.59 Å². The Hall–Kier alpha value is -1.36. The van der Waals surface area contributed by atoms with Crippen molar-refractivity contribution in [3.8, 4) is 0 Å². The van der Waals surface area contributed by atoms with Gasteiger partial charge in [-0.05, 0) is 23.6 Å². The van der Waals surface area contributed by atoms with Gasteiger partial charge in [-0.2, -0.15) is 0 Å². The van der Waals surface area contributed by atoms with E-state index in [1.807, 2.05) is 45.0 Å². The average Bonchev–Trinajstić information content (AvgIpc) is 2.36. The van der Waals surface area contributed by atoms with E-state index in [4.69, 9.17) is 5.11 Å². The van der Waals surface area contributed by atoms with Crippen molar-refractivity contribution in [3.05, 3.63) is 34.3 Å². The molecule has 2 N–H and O–H groups in total. The maximum absolute atomic E-state index is 12.1. The van der Waals surface area contributed by atoms with Crippen LogP contribution in [0.3, 0.4) is 0 Å². The third-order valence-corrected chi connectivity index (χ3v) is 3.85. The maximum atomic E-state index is 12.1. The molecule has 4 nitrogen and oxygen atoms in total. The SMILES string of the molecule is CC(C)C(C)C(=O)NC(CC(=O)O)c1cccc(Br)c1. The zero-order valence-electron chi connectivity index (χ0n) is 11.9. The molecule has 1 aromatic rings. The molecular formula is C15H20BrNO3. The number of benzene rings is 1. The standard InChI is InChI=1S/C15H20BrNO3/c1-9(2)10(3)15(20)17-13(8-14(18)19)11-5-4-6-12(16)7-11/h4-7,9-10,13H,8H2,1-3H3,(H,17,20)(H,18,19). The molecule has 0 aliphatic rings. The molecule has 1 rings (SSSR count). The van der Waals surface area contributed by atoms with Crippen molar-refractivity contribution in [3.63, 3.8) is 0 Å². The number of carbonyl (C=O) groups is 2. The highest BCUT2D eigenvalue weighted by atomic mass is 79.9. The molecular weight excluding hydrogens is 322 g/mol. The van der Waals surface area contributed by atoms with Crippen molar-refractivity contribution in [1.82, 2.24) is 5.32 Å². The number of aliphatic carboxylic acids is 1. The van der Waals surface area contributed by atoms with Crippen molar-refractivity contribution < 1.29 is 14.7 Å². The summed E-state index contributed by atoms with van der Waals surface area (Å²) in [5, 5.41) is 11.8. The maximum Gasteiger partial charge on any atom is 0.305 e. The molecule has 110 valence electrons. The molecule has 0 heterocycles. The average molecular weight is 342 g/mol. The van der Waals surface area contributed by atoms with E-state index in [9.17, 15) is 9.59 Å². The normalized spacial score (nSPS) is 13.8. The lowest BCUT2D eigenvalue weighted by molar-refractivity contribution is -0.138. The second kappa shape index (κ2) is 7.43. The predicted molar refractivity (Wildman–Crippen MR) is 81.3 cm³/mol. The number of amides is 1. The topological polar surface area (TPSA) is 66.4 Å². The van der Waals surface area contributed by atoms with Gasteiger partial charge >= 0.3 is 5.97 Å². The summed E-state index contributed by atoms with van der Waals surface area (Å²) in [4.78, 5) is 23.1. The Balaban J connectivity index is 2.90. The largest absolute Gasteiger partial charge is 0.481 e. The molecule has 0 bridgehead atoms. The third-order valence-electron chi connectivity index (χ3n) is 3.36. The highest BCUT2D eigenvalue weighted by Gasteiger charge is 2.23. The molecule has 0 saturated heterocycles. The summed E-state index contributed by atoms with van der Waals surface area (Å²) in [6.45, 7) is 5.78. The molecule has 1 aromatic carbocycles. The Labute approximate surface area is 127 Å². The number of carboxylic acids is 1. The first-order chi connectivity index (χ1) is 9.31. The van der Waals surface area contributed by atoms with E-state index >= 15 is 0 Å². The van der Waals surface area contributed by atoms with Crippen LogP contribution >= 0.6 is 15.9 Å². The van der Waals surface area contributed by atoms with E-state index < -0.39 is 12.0 Å². The first-order valence-electron chi connectivity index (χ1n) is 6.59. The minimum Gasteiger partial charge on any atom is -0.481 e. The molecule has 1 amide bonds. The number of hydrogen-bond acceptors (Lipinski definition) is 2. The lowest BCUT2D eigenvalue weighted by atomic mass is 9.95. The van der Waals surface area contributed by atoms with Crippen LogP contribution in [0.5, 0.6) is 0 Å². The lowest BCUT2D eigenvalue weighted by Crippen LogP contribution is -2.35. The highest BCUT2D eigenvalue weighted by Crippen LogP contribution is 2.22. The van der Waals surface area contributed by atoms with Gasteiger partial charge in [0.25, 0.3) is 0 Å². The van der Waals surface area contributed by atoms with Crippen LogP contribution in [0, 0.1) is 11.8 Å². The van der Waals surface area contributed by atoms with E-state index in [1.165, 1.54) is 0 Å². The first kappa shape index (κ1) is 16.7. The zero-order valence-corrected chi connectivity index (χ0v) is 13.5. The summed E-state index contributed by atoms with van der Waals surface area (Å²) < 4.78 is 0.858. The van der Waals surface area contributed by atoms with Crippen LogP contribution in [-0.4, -0.2) is 17.0 Å². The van der Waals surface area contributed by atoms with E-state index in [0.29, 0.717) is 0 Å². The Bertz CT molecular complexity index is 488. The molecule has 0 spiro atoms. The van der Waals surface area contributed by atoms with Gasteiger partial charge in [-0.1, -0.05) is 48.8 Å².